The van der Waals surface area contributed by atoms with E-state index in [1.165, 1.54) is 47.1 Å². The van der Waals surface area contributed by atoms with Crippen LogP contribution in [-0.2, 0) is 16.6 Å². The number of rotatable bonds is 7. The van der Waals surface area contributed by atoms with E-state index >= 15 is 0 Å². The van der Waals surface area contributed by atoms with Crippen molar-refractivity contribution in [2.45, 2.75) is 25.3 Å². The first kappa shape index (κ1) is 25.4. The molecule has 0 saturated heterocycles. The van der Waals surface area contributed by atoms with Gasteiger partial charge in [0.15, 0.2) is 5.82 Å². The topological polar surface area (TPSA) is 110 Å². The highest BCUT2D eigenvalue weighted by molar-refractivity contribution is 9.10. The fraction of sp³-hybridized carbons (Fsp3) is 0.120. The maximum absolute atomic E-state index is 14.5. The predicted molar refractivity (Wildman–Crippen MR) is 140 cm³/mol. The second-order valence-electron chi connectivity index (χ2n) is 8.00. The van der Waals surface area contributed by atoms with Crippen molar-refractivity contribution in [2.24, 2.45) is 0 Å². The van der Waals surface area contributed by atoms with Crippen LogP contribution in [0.4, 0.5) is 15.9 Å². The third kappa shape index (κ3) is 4.98. The lowest BCUT2D eigenvalue weighted by Gasteiger charge is -2.23. The Morgan fingerprint density at radius 2 is 1.69 bits per heavy atom. The average molecular weight is 572 g/mol. The number of carbonyl (C=O) groups is 1. The van der Waals surface area contributed by atoms with Crippen LogP contribution >= 0.6 is 15.9 Å². The van der Waals surface area contributed by atoms with Crippen molar-refractivity contribution in [2.75, 3.05) is 15.5 Å². The standard InChI is InChI=1S/C25H23BrFN5O3S/c1-16-24(29-17(2)32(16)28)31(15-18-7-3-6-10-23(18)27)36(34,35)20-13-11-19(12-14-20)30-25(33)21-8-4-5-9-22(21)26/h3-14H,15,28H2,1-2H3,(H,30,33). The summed E-state index contributed by atoms with van der Waals surface area (Å²) in [7, 11) is -4.18. The number of hydrogen-bond acceptors (Lipinski definition) is 5. The van der Waals surface area contributed by atoms with Crippen LogP contribution in [0.5, 0.6) is 0 Å². The van der Waals surface area contributed by atoms with Crippen molar-refractivity contribution < 1.29 is 17.6 Å². The number of nitrogens with two attached hydrogens (primary N) is 1. The molecule has 0 fully saturated rings. The van der Waals surface area contributed by atoms with Gasteiger partial charge in [-0.2, -0.15) is 0 Å². The minimum atomic E-state index is -4.18. The highest BCUT2D eigenvalue weighted by atomic mass is 79.9. The van der Waals surface area contributed by atoms with Crippen LogP contribution in [0.1, 0.15) is 27.4 Å². The number of amides is 1. The van der Waals surface area contributed by atoms with E-state index in [2.05, 4.69) is 26.2 Å². The lowest BCUT2D eigenvalue weighted by molar-refractivity contribution is 0.102. The van der Waals surface area contributed by atoms with Crippen LogP contribution in [-0.4, -0.2) is 24.0 Å². The van der Waals surface area contributed by atoms with E-state index in [0.717, 1.165) is 4.31 Å². The third-order valence-corrected chi connectivity index (χ3v) is 8.07. The molecule has 0 spiro atoms. The number of benzene rings is 3. The molecule has 0 aliphatic rings. The molecule has 4 rings (SSSR count). The molecule has 0 aliphatic heterocycles. The summed E-state index contributed by atoms with van der Waals surface area (Å²) in [5, 5.41) is 2.75. The number of nitrogens with one attached hydrogen (secondary N) is 1. The van der Waals surface area contributed by atoms with Crippen LogP contribution in [0.15, 0.2) is 82.2 Å². The molecule has 1 heterocycles. The monoisotopic (exact) mass is 571 g/mol. The molecule has 4 aromatic rings. The number of nitrogens with zero attached hydrogens (tertiary/aromatic N) is 3. The molecule has 3 aromatic carbocycles. The highest BCUT2D eigenvalue weighted by Crippen LogP contribution is 2.29. The van der Waals surface area contributed by atoms with Gasteiger partial charge in [-0.3, -0.25) is 4.79 Å². The first-order valence-electron chi connectivity index (χ1n) is 10.8. The molecule has 0 unspecified atom stereocenters. The van der Waals surface area contributed by atoms with Gasteiger partial charge in [0.1, 0.15) is 11.6 Å². The molecule has 1 aromatic heterocycles. The van der Waals surface area contributed by atoms with Gasteiger partial charge in [0.05, 0.1) is 22.7 Å². The highest BCUT2D eigenvalue weighted by Gasteiger charge is 2.30. The molecule has 11 heteroatoms. The van der Waals surface area contributed by atoms with Crippen molar-refractivity contribution in [1.29, 1.82) is 0 Å². The zero-order valence-corrected chi connectivity index (χ0v) is 21.8. The summed E-state index contributed by atoms with van der Waals surface area (Å²) in [6.07, 6.45) is 0. The number of aryl methyl sites for hydroxylation is 1. The molecule has 0 radical (unpaired) electrons. The van der Waals surface area contributed by atoms with Crippen LogP contribution < -0.4 is 15.5 Å². The Hall–Kier alpha value is -3.70. The van der Waals surface area contributed by atoms with Gasteiger partial charge in [-0.15, -0.1) is 0 Å². The summed E-state index contributed by atoms with van der Waals surface area (Å²) in [6, 6.07) is 18.6. The Labute approximate surface area is 216 Å². The van der Waals surface area contributed by atoms with E-state index in [4.69, 9.17) is 5.84 Å². The second kappa shape index (κ2) is 10.1. The summed E-state index contributed by atoms with van der Waals surface area (Å²) in [5.41, 5.74) is 1.44. The summed E-state index contributed by atoms with van der Waals surface area (Å²) >= 11 is 3.34. The molecule has 0 aliphatic carbocycles. The van der Waals surface area contributed by atoms with Gasteiger partial charge in [-0.05, 0) is 72.2 Å². The summed E-state index contributed by atoms with van der Waals surface area (Å²) in [5.74, 6) is 5.61. The Morgan fingerprint density at radius 1 is 1.06 bits per heavy atom. The number of nitrogen functional groups attached to an aromatic ring is 1. The van der Waals surface area contributed by atoms with E-state index in [1.807, 2.05) is 0 Å². The van der Waals surface area contributed by atoms with Crippen molar-refractivity contribution in [3.05, 3.63) is 106 Å². The number of carbonyl (C=O) groups excluding carboxylic acids is 1. The Bertz CT molecular complexity index is 1540. The van der Waals surface area contributed by atoms with Crippen molar-refractivity contribution in [1.82, 2.24) is 9.66 Å². The molecule has 0 saturated carbocycles. The number of imidazole rings is 1. The van der Waals surface area contributed by atoms with Gasteiger partial charge in [0.2, 0.25) is 0 Å². The SMILES string of the molecule is Cc1nc(N(Cc2ccccc2F)S(=O)(=O)c2ccc(NC(=O)c3ccccc3Br)cc2)c(C)n1N. The molecule has 0 bridgehead atoms. The number of halogens is 2. The third-order valence-electron chi connectivity index (χ3n) is 5.63. The minimum Gasteiger partial charge on any atom is -0.338 e. The van der Waals surface area contributed by atoms with E-state index in [0.29, 0.717) is 27.2 Å². The van der Waals surface area contributed by atoms with Gasteiger partial charge < -0.3 is 11.2 Å². The molecular formula is C25H23BrFN5O3S. The average Bonchev–Trinajstić information content (AvgIpc) is 3.11. The summed E-state index contributed by atoms with van der Waals surface area (Å²) in [4.78, 5) is 16.9. The van der Waals surface area contributed by atoms with Gasteiger partial charge in [0.25, 0.3) is 15.9 Å². The van der Waals surface area contributed by atoms with Crippen molar-refractivity contribution >= 4 is 43.4 Å². The molecule has 3 N–H and O–H groups in total. The quantitative estimate of drug-likeness (QED) is 0.311. The zero-order valence-electron chi connectivity index (χ0n) is 19.4. The maximum Gasteiger partial charge on any atom is 0.265 e. The van der Waals surface area contributed by atoms with E-state index in [9.17, 15) is 17.6 Å². The minimum absolute atomic E-state index is 0.0543. The first-order chi connectivity index (χ1) is 17.1. The maximum atomic E-state index is 14.5. The predicted octanol–water partition coefficient (Wildman–Crippen LogP) is 4.76. The van der Waals surface area contributed by atoms with Crippen molar-refractivity contribution in [3.8, 4) is 0 Å². The van der Waals surface area contributed by atoms with E-state index in [-0.39, 0.29) is 28.7 Å². The summed E-state index contributed by atoms with van der Waals surface area (Å²) in [6.45, 7) is 3.00. The normalized spacial score (nSPS) is 11.3. The van der Waals surface area contributed by atoms with Crippen LogP contribution in [0.25, 0.3) is 0 Å². The summed E-state index contributed by atoms with van der Waals surface area (Å²) < 4.78 is 44.9. The number of anilines is 2. The molecule has 36 heavy (non-hydrogen) atoms. The fourth-order valence-electron chi connectivity index (χ4n) is 3.61. The zero-order chi connectivity index (χ0) is 26.0. The molecule has 1 amide bonds. The van der Waals surface area contributed by atoms with Gasteiger partial charge >= 0.3 is 0 Å². The Kier molecular flexibility index (Phi) is 7.14. The molecule has 186 valence electrons. The lowest BCUT2D eigenvalue weighted by Crippen LogP contribution is -2.32. The Morgan fingerprint density at radius 3 is 2.31 bits per heavy atom. The lowest BCUT2D eigenvalue weighted by atomic mass is 10.2. The molecule has 8 nitrogen and oxygen atoms in total. The number of sulfonamides is 1. The van der Waals surface area contributed by atoms with Crippen LogP contribution in [0.2, 0.25) is 0 Å². The first-order valence-corrected chi connectivity index (χ1v) is 13.1. The van der Waals surface area contributed by atoms with E-state index in [1.54, 1.807) is 44.2 Å². The van der Waals surface area contributed by atoms with Gasteiger partial charge in [-0.1, -0.05) is 30.3 Å². The van der Waals surface area contributed by atoms with Gasteiger partial charge in [0, 0.05) is 15.7 Å². The number of aromatic nitrogens is 2. The molecule has 0 atom stereocenters. The van der Waals surface area contributed by atoms with Crippen LogP contribution in [0.3, 0.4) is 0 Å². The second-order valence-corrected chi connectivity index (χ2v) is 10.7. The fourth-order valence-corrected chi connectivity index (χ4v) is 5.52. The van der Waals surface area contributed by atoms with Crippen molar-refractivity contribution in [3.63, 3.8) is 0 Å². The van der Waals surface area contributed by atoms with Crippen LogP contribution in [0, 0.1) is 19.7 Å². The number of hydrogen-bond donors (Lipinski definition) is 2. The van der Waals surface area contributed by atoms with Gasteiger partial charge in [-0.25, -0.2) is 26.8 Å². The largest absolute Gasteiger partial charge is 0.338 e. The van der Waals surface area contributed by atoms with E-state index < -0.39 is 15.8 Å². The smallest absolute Gasteiger partial charge is 0.265 e. The molecular weight excluding hydrogens is 549 g/mol. The Balaban J connectivity index is 1.68.